The van der Waals surface area contributed by atoms with Gasteiger partial charge >= 0.3 is 0 Å². The Bertz CT molecular complexity index is 224. The van der Waals surface area contributed by atoms with Crippen LogP contribution in [-0.4, -0.2) is 0 Å². The van der Waals surface area contributed by atoms with Crippen molar-refractivity contribution in [1.82, 2.24) is 0 Å². The molecule has 0 radical (unpaired) electrons. The first-order valence-electron chi connectivity index (χ1n) is 9.14. The van der Waals surface area contributed by atoms with E-state index < -0.39 is 0 Å². The Morgan fingerprint density at radius 3 is 1.50 bits per heavy atom. The summed E-state index contributed by atoms with van der Waals surface area (Å²) < 4.78 is 0. The molecule has 0 saturated carbocycles. The maximum Gasteiger partial charge on any atom is -0.00819 e. The van der Waals surface area contributed by atoms with Crippen LogP contribution in [0.15, 0.2) is 24.3 Å². The zero-order valence-electron chi connectivity index (χ0n) is 14.4. The second-order valence-electron chi connectivity index (χ2n) is 6.12. The Kier molecular flexibility index (Phi) is 16.1. The van der Waals surface area contributed by atoms with E-state index in [1.165, 1.54) is 77.0 Å². The number of hydrogen-bond acceptors (Lipinski definition) is 0. The van der Waals surface area contributed by atoms with Gasteiger partial charge in [-0.05, 0) is 31.6 Å². The van der Waals surface area contributed by atoms with Gasteiger partial charge in [0.1, 0.15) is 0 Å². The molecule has 0 rings (SSSR count). The predicted molar refractivity (Wildman–Crippen MR) is 94.2 cm³/mol. The maximum atomic E-state index is 2.38. The summed E-state index contributed by atoms with van der Waals surface area (Å²) in [6.45, 7) is 6.84. The summed E-state index contributed by atoms with van der Waals surface area (Å²) >= 11 is 0. The minimum atomic E-state index is 0.612. The van der Waals surface area contributed by atoms with Crippen molar-refractivity contribution >= 4 is 0 Å². The lowest BCUT2D eigenvalue weighted by Gasteiger charge is -2.00. The zero-order valence-corrected chi connectivity index (χ0v) is 14.4. The molecule has 0 fully saturated rings. The number of rotatable bonds is 14. The Morgan fingerprint density at radius 1 is 0.600 bits per heavy atom. The van der Waals surface area contributed by atoms with E-state index in [9.17, 15) is 0 Å². The van der Waals surface area contributed by atoms with Gasteiger partial charge in [-0.15, -0.1) is 0 Å². The molecule has 0 aromatic carbocycles. The molecule has 0 aromatic rings. The highest BCUT2D eigenvalue weighted by molar-refractivity contribution is 4.98. The highest BCUT2D eigenvalue weighted by Crippen LogP contribution is 2.09. The van der Waals surface area contributed by atoms with Gasteiger partial charge < -0.3 is 0 Å². The average molecular weight is 279 g/mol. The molecular weight excluding hydrogens is 240 g/mol. The molecule has 0 bridgehead atoms. The number of unbranched alkanes of at least 4 members (excludes halogenated alkanes) is 10. The van der Waals surface area contributed by atoms with Crippen LogP contribution in [0.1, 0.15) is 97.8 Å². The fraction of sp³-hybridized carbons (Fsp3) is 0.800. The first-order chi connectivity index (χ1) is 9.81. The van der Waals surface area contributed by atoms with Gasteiger partial charge in [-0.2, -0.15) is 0 Å². The molecule has 0 aromatic heterocycles. The lowest BCUT2D eigenvalue weighted by molar-refractivity contribution is 0.611. The molecule has 0 spiro atoms. The first-order valence-corrected chi connectivity index (χ1v) is 9.14. The molecule has 0 aliphatic heterocycles. The summed E-state index contributed by atoms with van der Waals surface area (Å²) in [6, 6.07) is 0. The van der Waals surface area contributed by atoms with Crippen molar-refractivity contribution in [2.75, 3.05) is 0 Å². The van der Waals surface area contributed by atoms with E-state index in [1.54, 1.807) is 0 Å². The minimum Gasteiger partial charge on any atom is -0.0880 e. The van der Waals surface area contributed by atoms with Crippen LogP contribution in [0.5, 0.6) is 0 Å². The molecule has 0 heteroatoms. The highest BCUT2D eigenvalue weighted by Gasteiger charge is 1.91. The quantitative estimate of drug-likeness (QED) is 0.228. The Hall–Kier alpha value is -0.520. The van der Waals surface area contributed by atoms with Crippen LogP contribution in [0.4, 0.5) is 0 Å². The smallest absolute Gasteiger partial charge is 0.00819 e. The summed E-state index contributed by atoms with van der Waals surface area (Å²) in [5.74, 6) is 0.612. The molecule has 0 aliphatic rings. The number of allylic oxidation sites excluding steroid dienone is 4. The molecule has 118 valence electrons. The van der Waals surface area contributed by atoms with Crippen LogP contribution in [0, 0.1) is 5.92 Å². The third kappa shape index (κ3) is 15.5. The van der Waals surface area contributed by atoms with Gasteiger partial charge in [-0.25, -0.2) is 0 Å². The predicted octanol–water partition coefficient (Wildman–Crippen LogP) is 7.46. The van der Waals surface area contributed by atoms with Crippen LogP contribution in [0.25, 0.3) is 0 Å². The van der Waals surface area contributed by atoms with Gasteiger partial charge in [-0.3, -0.25) is 0 Å². The van der Waals surface area contributed by atoms with E-state index >= 15 is 0 Å². The van der Waals surface area contributed by atoms with E-state index in [0.29, 0.717) is 5.92 Å². The maximum absolute atomic E-state index is 2.38. The van der Waals surface area contributed by atoms with Crippen LogP contribution in [-0.2, 0) is 0 Å². The Balaban J connectivity index is 3.38. The summed E-state index contributed by atoms with van der Waals surface area (Å²) in [7, 11) is 0. The van der Waals surface area contributed by atoms with Crippen molar-refractivity contribution in [2.24, 2.45) is 5.92 Å². The van der Waals surface area contributed by atoms with Gasteiger partial charge in [0, 0.05) is 0 Å². The molecule has 20 heavy (non-hydrogen) atoms. The van der Waals surface area contributed by atoms with Crippen LogP contribution in [0.2, 0.25) is 0 Å². The molecule has 0 heterocycles. The molecule has 0 nitrogen and oxygen atoms in total. The zero-order chi connectivity index (χ0) is 14.9. The van der Waals surface area contributed by atoms with E-state index in [2.05, 4.69) is 45.1 Å². The van der Waals surface area contributed by atoms with Gasteiger partial charge in [0.2, 0.25) is 0 Å². The van der Waals surface area contributed by atoms with Crippen LogP contribution < -0.4 is 0 Å². The normalized spacial score (nSPS) is 13.6. The van der Waals surface area contributed by atoms with Crippen molar-refractivity contribution in [3.8, 4) is 0 Å². The van der Waals surface area contributed by atoms with Crippen molar-refractivity contribution < 1.29 is 0 Å². The third-order valence-electron chi connectivity index (χ3n) is 3.83. The van der Waals surface area contributed by atoms with Gasteiger partial charge in [0.25, 0.3) is 0 Å². The van der Waals surface area contributed by atoms with Gasteiger partial charge in [-0.1, -0.05) is 96.4 Å². The molecule has 1 unspecified atom stereocenters. The van der Waals surface area contributed by atoms with E-state index in [4.69, 9.17) is 0 Å². The second kappa shape index (κ2) is 16.5. The summed E-state index contributed by atoms with van der Waals surface area (Å²) in [4.78, 5) is 0. The Labute approximate surface area is 128 Å². The van der Waals surface area contributed by atoms with E-state index in [1.807, 2.05) is 0 Å². The Morgan fingerprint density at radius 2 is 1.00 bits per heavy atom. The van der Waals surface area contributed by atoms with Crippen molar-refractivity contribution in [3.63, 3.8) is 0 Å². The van der Waals surface area contributed by atoms with Crippen molar-refractivity contribution in [1.29, 1.82) is 0 Å². The summed E-state index contributed by atoms with van der Waals surface area (Å²) in [6.07, 6.45) is 25.9. The highest BCUT2D eigenvalue weighted by atomic mass is 14.0. The first kappa shape index (κ1) is 19.5. The largest absolute Gasteiger partial charge is 0.0880 e. The van der Waals surface area contributed by atoms with E-state index in [0.717, 1.165) is 0 Å². The van der Waals surface area contributed by atoms with Crippen molar-refractivity contribution in [2.45, 2.75) is 97.8 Å². The topological polar surface area (TPSA) is 0 Å². The lowest BCUT2D eigenvalue weighted by Crippen LogP contribution is -1.83. The third-order valence-corrected chi connectivity index (χ3v) is 3.83. The average Bonchev–Trinajstić information content (AvgIpc) is 2.45. The molecule has 1 atom stereocenters. The van der Waals surface area contributed by atoms with Crippen LogP contribution in [0.3, 0.4) is 0 Å². The summed E-state index contributed by atoms with van der Waals surface area (Å²) in [5.41, 5.74) is 0. The number of hydrogen-bond donors (Lipinski definition) is 0. The molecular formula is C20H38. The van der Waals surface area contributed by atoms with Crippen LogP contribution >= 0.6 is 0 Å². The molecule has 0 saturated heterocycles. The molecule has 0 amide bonds. The fourth-order valence-corrected chi connectivity index (χ4v) is 2.42. The standard InChI is InChI=1S/C20H38/c1-4-6-8-10-12-13-15-17-19-20(3)18-16-14-11-9-7-5-2/h16-20H,4-15H2,1-3H3. The molecule has 0 aliphatic carbocycles. The lowest BCUT2D eigenvalue weighted by atomic mass is 10.1. The second-order valence-corrected chi connectivity index (χ2v) is 6.12. The van der Waals surface area contributed by atoms with Gasteiger partial charge in [0.05, 0.1) is 0 Å². The fourth-order valence-electron chi connectivity index (χ4n) is 2.42. The van der Waals surface area contributed by atoms with Gasteiger partial charge in [0.15, 0.2) is 0 Å². The molecule has 0 N–H and O–H groups in total. The SMILES string of the molecule is CCCCCCC=CC(C)C=CCCCCCCCC. The minimum absolute atomic E-state index is 0.612. The summed E-state index contributed by atoms with van der Waals surface area (Å²) in [5, 5.41) is 0. The van der Waals surface area contributed by atoms with Crippen molar-refractivity contribution in [3.05, 3.63) is 24.3 Å². The monoisotopic (exact) mass is 278 g/mol. The van der Waals surface area contributed by atoms with E-state index in [-0.39, 0.29) is 0 Å².